The molecule has 0 atom stereocenters. The minimum absolute atomic E-state index is 0.177. The van der Waals surface area contributed by atoms with Crippen LogP contribution in [0.25, 0.3) is 0 Å². The normalized spacial score (nSPS) is 17.6. The largest absolute Gasteiger partial charge is 0.480 e. The van der Waals surface area contributed by atoms with Gasteiger partial charge in [0.05, 0.1) is 0 Å². The second kappa shape index (κ2) is 6.95. The molecular weight excluding hydrogens is 362 g/mol. The van der Waals surface area contributed by atoms with Crippen LogP contribution in [0, 0.1) is 0 Å². The predicted octanol–water partition coefficient (Wildman–Crippen LogP) is 2.91. The summed E-state index contributed by atoms with van der Waals surface area (Å²) in [6.45, 7) is 0. The quantitative estimate of drug-likeness (QED) is 0.827. The fraction of sp³-hybridized carbons (Fsp3) is 0.538. The van der Waals surface area contributed by atoms with Gasteiger partial charge in [-0.25, -0.2) is 4.79 Å². The number of rotatable bonds is 5. The van der Waals surface area contributed by atoms with E-state index in [1.807, 2.05) is 11.4 Å². The number of nitrogens with one attached hydrogen (secondary N) is 1. The Morgan fingerprint density at radius 2 is 2.10 bits per heavy atom. The third-order valence-electron chi connectivity index (χ3n) is 3.35. The molecule has 0 radical (unpaired) electrons. The highest BCUT2D eigenvalue weighted by atomic mass is 79.9. The number of thiophene rings is 1. The second-order valence-electron chi connectivity index (χ2n) is 4.78. The van der Waals surface area contributed by atoms with Crippen molar-refractivity contribution in [1.82, 2.24) is 5.32 Å². The molecule has 1 saturated heterocycles. The summed E-state index contributed by atoms with van der Waals surface area (Å²) in [4.78, 5) is 24.6. The molecule has 110 valence electrons. The molecule has 1 aromatic heterocycles. The molecule has 2 heterocycles. The Morgan fingerprint density at radius 3 is 2.65 bits per heavy atom. The van der Waals surface area contributed by atoms with Crippen LogP contribution in [0.4, 0.5) is 0 Å². The molecule has 0 saturated carbocycles. The van der Waals surface area contributed by atoms with Crippen molar-refractivity contribution in [3.8, 4) is 0 Å². The van der Waals surface area contributed by atoms with Crippen LogP contribution in [0.1, 0.15) is 24.1 Å². The summed E-state index contributed by atoms with van der Waals surface area (Å²) in [7, 11) is 0. The standard InChI is InChI=1S/C13H16BrNO3S2/c14-9-7-10(20-8-9)1-2-11(16)15-13(12(17)18)3-5-19-6-4-13/h7-8H,1-6H2,(H,15,16)(H,17,18). The maximum absolute atomic E-state index is 12.0. The first-order chi connectivity index (χ1) is 9.52. The second-order valence-corrected chi connectivity index (χ2v) is 7.92. The minimum atomic E-state index is -1.06. The van der Waals surface area contributed by atoms with Gasteiger partial charge in [-0.1, -0.05) is 0 Å². The van der Waals surface area contributed by atoms with Crippen molar-refractivity contribution in [3.63, 3.8) is 0 Å². The average Bonchev–Trinajstić information content (AvgIpc) is 2.83. The van der Waals surface area contributed by atoms with Crippen LogP contribution in [0.15, 0.2) is 15.9 Å². The molecule has 2 rings (SSSR count). The van der Waals surface area contributed by atoms with Crippen molar-refractivity contribution in [3.05, 3.63) is 20.8 Å². The molecule has 1 aliphatic heterocycles. The summed E-state index contributed by atoms with van der Waals surface area (Å²) in [5.41, 5.74) is -1.06. The summed E-state index contributed by atoms with van der Waals surface area (Å²) in [6.07, 6.45) is 1.98. The fourth-order valence-electron chi connectivity index (χ4n) is 2.16. The Kier molecular flexibility index (Phi) is 5.51. The number of carboxylic acid groups (broad SMARTS) is 1. The number of carbonyl (C=O) groups excluding carboxylic acids is 1. The van der Waals surface area contributed by atoms with E-state index in [-0.39, 0.29) is 5.91 Å². The lowest BCUT2D eigenvalue weighted by Gasteiger charge is -2.33. The highest BCUT2D eigenvalue weighted by Crippen LogP contribution is 2.28. The zero-order valence-electron chi connectivity index (χ0n) is 10.9. The van der Waals surface area contributed by atoms with Crippen LogP contribution in [-0.2, 0) is 16.0 Å². The molecule has 1 amide bonds. The highest BCUT2D eigenvalue weighted by Gasteiger charge is 2.41. The number of thioether (sulfide) groups is 1. The average molecular weight is 378 g/mol. The lowest BCUT2D eigenvalue weighted by molar-refractivity contribution is -0.148. The van der Waals surface area contributed by atoms with Crippen molar-refractivity contribution in [2.24, 2.45) is 0 Å². The molecule has 7 heteroatoms. The number of halogens is 1. The van der Waals surface area contributed by atoms with Gasteiger partial charge in [-0.3, -0.25) is 4.79 Å². The van der Waals surface area contributed by atoms with Crippen molar-refractivity contribution >= 4 is 50.9 Å². The van der Waals surface area contributed by atoms with E-state index in [2.05, 4.69) is 21.2 Å². The summed E-state index contributed by atoms with van der Waals surface area (Å²) >= 11 is 6.71. The van der Waals surface area contributed by atoms with Crippen LogP contribution in [0.3, 0.4) is 0 Å². The maximum Gasteiger partial charge on any atom is 0.329 e. The predicted molar refractivity (Wildman–Crippen MR) is 85.4 cm³/mol. The molecule has 0 aliphatic carbocycles. The molecule has 0 bridgehead atoms. The number of amides is 1. The van der Waals surface area contributed by atoms with Gasteiger partial charge in [0, 0.05) is 21.2 Å². The van der Waals surface area contributed by atoms with Gasteiger partial charge in [0.15, 0.2) is 0 Å². The first kappa shape index (κ1) is 15.9. The summed E-state index contributed by atoms with van der Waals surface area (Å²) < 4.78 is 1.02. The summed E-state index contributed by atoms with van der Waals surface area (Å²) in [6, 6.07) is 1.99. The van der Waals surface area contributed by atoms with Gasteiger partial charge < -0.3 is 10.4 Å². The molecule has 1 aliphatic rings. The molecule has 0 spiro atoms. The van der Waals surface area contributed by atoms with Gasteiger partial charge in [0.1, 0.15) is 5.54 Å². The topological polar surface area (TPSA) is 66.4 Å². The number of aliphatic carboxylic acids is 1. The van der Waals surface area contributed by atoms with E-state index in [9.17, 15) is 14.7 Å². The first-order valence-electron chi connectivity index (χ1n) is 6.37. The van der Waals surface area contributed by atoms with Crippen molar-refractivity contribution in [2.45, 2.75) is 31.2 Å². The third-order valence-corrected chi connectivity index (χ3v) is 6.10. The summed E-state index contributed by atoms with van der Waals surface area (Å²) in [5.74, 6) is 0.475. The van der Waals surface area contributed by atoms with E-state index in [1.54, 1.807) is 23.1 Å². The SMILES string of the molecule is O=C(CCc1cc(Br)cs1)NC1(C(=O)O)CCSCC1. The number of hydrogen-bond acceptors (Lipinski definition) is 4. The van der Waals surface area contributed by atoms with Crippen molar-refractivity contribution in [1.29, 1.82) is 0 Å². The van der Waals surface area contributed by atoms with E-state index in [0.717, 1.165) is 20.9 Å². The van der Waals surface area contributed by atoms with Crippen LogP contribution in [0.5, 0.6) is 0 Å². The van der Waals surface area contributed by atoms with Crippen LogP contribution >= 0.6 is 39.0 Å². The highest BCUT2D eigenvalue weighted by molar-refractivity contribution is 9.10. The Morgan fingerprint density at radius 1 is 1.40 bits per heavy atom. The monoisotopic (exact) mass is 377 g/mol. The molecular formula is C13H16BrNO3S2. The minimum Gasteiger partial charge on any atom is -0.480 e. The molecule has 20 heavy (non-hydrogen) atoms. The first-order valence-corrected chi connectivity index (χ1v) is 9.20. The van der Waals surface area contributed by atoms with E-state index in [4.69, 9.17) is 0 Å². The maximum atomic E-state index is 12.0. The van der Waals surface area contributed by atoms with Crippen molar-refractivity contribution < 1.29 is 14.7 Å². The van der Waals surface area contributed by atoms with Gasteiger partial charge >= 0.3 is 5.97 Å². The zero-order valence-corrected chi connectivity index (χ0v) is 14.1. The summed E-state index contributed by atoms with van der Waals surface area (Å²) in [5, 5.41) is 14.1. The van der Waals surface area contributed by atoms with Gasteiger partial charge in [-0.05, 0) is 52.8 Å². The van der Waals surface area contributed by atoms with Gasteiger partial charge in [0.25, 0.3) is 0 Å². The molecule has 2 N–H and O–H groups in total. The lowest BCUT2D eigenvalue weighted by atomic mass is 9.92. The van der Waals surface area contributed by atoms with Crippen LogP contribution in [0.2, 0.25) is 0 Å². The van der Waals surface area contributed by atoms with Gasteiger partial charge in [-0.15, -0.1) is 11.3 Å². The molecule has 0 aromatic carbocycles. The fourth-order valence-corrected chi connectivity index (χ4v) is 4.81. The smallest absolute Gasteiger partial charge is 0.329 e. The molecule has 0 unspecified atom stereocenters. The molecule has 4 nitrogen and oxygen atoms in total. The molecule has 1 fully saturated rings. The Hall–Kier alpha value is -0.530. The van der Waals surface area contributed by atoms with E-state index < -0.39 is 11.5 Å². The van der Waals surface area contributed by atoms with E-state index >= 15 is 0 Å². The van der Waals surface area contributed by atoms with Crippen molar-refractivity contribution in [2.75, 3.05) is 11.5 Å². The Bertz CT molecular complexity index is 498. The zero-order chi connectivity index (χ0) is 14.6. The number of hydrogen-bond donors (Lipinski definition) is 2. The molecule has 1 aromatic rings. The lowest BCUT2D eigenvalue weighted by Crippen LogP contribution is -2.56. The Balaban J connectivity index is 1.90. The number of carboxylic acids is 1. The number of carbonyl (C=O) groups is 2. The van der Waals surface area contributed by atoms with E-state index in [1.165, 1.54) is 0 Å². The van der Waals surface area contributed by atoms with Gasteiger partial charge in [-0.2, -0.15) is 11.8 Å². The van der Waals surface area contributed by atoms with E-state index in [0.29, 0.717) is 25.7 Å². The van der Waals surface area contributed by atoms with Crippen LogP contribution < -0.4 is 5.32 Å². The van der Waals surface area contributed by atoms with Crippen LogP contribution in [-0.4, -0.2) is 34.0 Å². The third kappa shape index (κ3) is 3.99. The number of aryl methyl sites for hydroxylation is 1. The van der Waals surface area contributed by atoms with Gasteiger partial charge in [0.2, 0.25) is 5.91 Å². The Labute approximate surface area is 134 Å².